The predicted molar refractivity (Wildman–Crippen MR) is 92.2 cm³/mol. The highest BCUT2D eigenvalue weighted by atomic mass is 19.1. The Morgan fingerprint density at radius 1 is 1.28 bits per heavy atom. The van der Waals surface area contributed by atoms with Crippen LogP contribution in [0.4, 0.5) is 4.39 Å². The van der Waals surface area contributed by atoms with Gasteiger partial charge in [-0.1, -0.05) is 32.0 Å². The lowest BCUT2D eigenvalue weighted by atomic mass is 9.76. The fraction of sp³-hybridized carbons (Fsp3) is 0.400. The highest BCUT2D eigenvalue weighted by molar-refractivity contribution is 6.03. The molecule has 0 aliphatic heterocycles. The monoisotopic (exact) mass is 343 g/mol. The molecule has 132 valence electrons. The Balaban J connectivity index is 1.87. The van der Waals surface area contributed by atoms with E-state index in [2.05, 4.69) is 5.32 Å². The van der Waals surface area contributed by atoms with Crippen LogP contribution in [0.15, 0.2) is 28.7 Å². The summed E-state index contributed by atoms with van der Waals surface area (Å²) in [7, 11) is 0. The van der Waals surface area contributed by atoms with Gasteiger partial charge in [-0.25, -0.2) is 4.39 Å². The maximum Gasteiger partial charge on any atom is 0.287 e. The number of nitrogens with one attached hydrogen (secondary N) is 1. The van der Waals surface area contributed by atoms with Crippen LogP contribution in [0.2, 0.25) is 0 Å². The van der Waals surface area contributed by atoms with Crippen molar-refractivity contribution >= 4 is 11.7 Å². The minimum absolute atomic E-state index is 0.00806. The number of fused-ring (bicyclic) bond motifs is 1. The fourth-order valence-corrected chi connectivity index (χ4v) is 3.47. The molecule has 0 saturated carbocycles. The van der Waals surface area contributed by atoms with E-state index in [9.17, 15) is 14.0 Å². The van der Waals surface area contributed by atoms with E-state index in [0.717, 1.165) is 0 Å². The highest BCUT2D eigenvalue weighted by Gasteiger charge is 2.37. The average molecular weight is 343 g/mol. The molecule has 0 bridgehead atoms. The lowest BCUT2D eigenvalue weighted by Gasteiger charge is -2.27. The predicted octanol–water partition coefficient (Wildman–Crippen LogP) is 4.37. The van der Waals surface area contributed by atoms with E-state index in [4.69, 9.17) is 4.42 Å². The molecule has 1 aromatic carbocycles. The van der Waals surface area contributed by atoms with Gasteiger partial charge in [0.25, 0.3) is 5.91 Å². The molecule has 1 aliphatic rings. The number of ketones is 1. The Labute approximate surface area is 146 Å². The van der Waals surface area contributed by atoms with E-state index in [-0.39, 0.29) is 22.8 Å². The SMILES string of the molecule is Cc1c(C(=O)N[C@H](C)c2ccccc2F)oc2c1C(=O)CC(C)(C)C2. The van der Waals surface area contributed by atoms with Crippen molar-refractivity contribution in [1.82, 2.24) is 5.32 Å². The lowest BCUT2D eigenvalue weighted by Crippen LogP contribution is -2.27. The van der Waals surface area contributed by atoms with Crippen molar-refractivity contribution in [2.45, 2.75) is 46.6 Å². The molecule has 5 heteroatoms. The van der Waals surface area contributed by atoms with Crippen LogP contribution in [-0.2, 0) is 6.42 Å². The van der Waals surface area contributed by atoms with Gasteiger partial charge in [-0.2, -0.15) is 0 Å². The third-order valence-electron chi connectivity index (χ3n) is 4.70. The van der Waals surface area contributed by atoms with Crippen molar-refractivity contribution in [3.8, 4) is 0 Å². The Morgan fingerprint density at radius 2 is 1.96 bits per heavy atom. The van der Waals surface area contributed by atoms with Crippen LogP contribution >= 0.6 is 0 Å². The quantitative estimate of drug-likeness (QED) is 0.900. The lowest BCUT2D eigenvalue weighted by molar-refractivity contribution is 0.0883. The molecule has 4 nitrogen and oxygen atoms in total. The van der Waals surface area contributed by atoms with Crippen LogP contribution < -0.4 is 5.32 Å². The second-order valence-corrected chi connectivity index (χ2v) is 7.51. The molecule has 1 aromatic heterocycles. The Morgan fingerprint density at radius 3 is 2.64 bits per heavy atom. The number of hydrogen-bond acceptors (Lipinski definition) is 3. The highest BCUT2D eigenvalue weighted by Crippen LogP contribution is 2.38. The van der Waals surface area contributed by atoms with Gasteiger partial charge in [0.2, 0.25) is 0 Å². The van der Waals surface area contributed by atoms with Crippen LogP contribution in [0, 0.1) is 18.2 Å². The number of amides is 1. The largest absolute Gasteiger partial charge is 0.455 e. The second kappa shape index (κ2) is 6.14. The summed E-state index contributed by atoms with van der Waals surface area (Å²) in [5.74, 6) is -0.0914. The summed E-state index contributed by atoms with van der Waals surface area (Å²) in [4.78, 5) is 25.0. The number of carbonyl (C=O) groups excluding carboxylic acids is 2. The van der Waals surface area contributed by atoms with Gasteiger partial charge in [0.05, 0.1) is 11.6 Å². The van der Waals surface area contributed by atoms with Gasteiger partial charge in [-0.05, 0) is 25.3 Å². The molecule has 1 aliphatic carbocycles. The van der Waals surface area contributed by atoms with Gasteiger partial charge < -0.3 is 9.73 Å². The molecule has 1 atom stereocenters. The summed E-state index contributed by atoms with van der Waals surface area (Å²) in [6.45, 7) is 7.45. The maximum atomic E-state index is 13.9. The first-order valence-electron chi connectivity index (χ1n) is 8.40. The summed E-state index contributed by atoms with van der Waals surface area (Å²) < 4.78 is 19.6. The van der Waals surface area contributed by atoms with E-state index in [0.29, 0.717) is 35.3 Å². The molecule has 0 saturated heterocycles. The van der Waals surface area contributed by atoms with Gasteiger partial charge in [0.1, 0.15) is 11.6 Å². The van der Waals surface area contributed by atoms with Gasteiger partial charge >= 0.3 is 0 Å². The van der Waals surface area contributed by atoms with Crippen molar-refractivity contribution in [2.75, 3.05) is 0 Å². The molecule has 3 rings (SSSR count). The van der Waals surface area contributed by atoms with Crippen LogP contribution in [0.3, 0.4) is 0 Å². The third-order valence-corrected chi connectivity index (χ3v) is 4.70. The van der Waals surface area contributed by atoms with Crippen LogP contribution in [0.1, 0.15) is 71.0 Å². The zero-order chi connectivity index (χ0) is 18.4. The molecule has 0 spiro atoms. The van der Waals surface area contributed by atoms with Crippen molar-refractivity contribution in [3.63, 3.8) is 0 Å². The normalized spacial score (nSPS) is 17.1. The zero-order valence-electron chi connectivity index (χ0n) is 14.9. The van der Waals surface area contributed by atoms with Crippen molar-refractivity contribution in [3.05, 3.63) is 58.3 Å². The van der Waals surface area contributed by atoms with E-state index < -0.39 is 11.9 Å². The smallest absolute Gasteiger partial charge is 0.287 e. The Bertz CT molecular complexity index is 851. The fourth-order valence-electron chi connectivity index (χ4n) is 3.47. The first-order chi connectivity index (χ1) is 11.7. The minimum Gasteiger partial charge on any atom is -0.455 e. The van der Waals surface area contributed by atoms with E-state index in [1.165, 1.54) is 6.07 Å². The molecule has 1 amide bonds. The molecule has 2 aromatic rings. The average Bonchev–Trinajstić information content (AvgIpc) is 2.83. The Hall–Kier alpha value is -2.43. The minimum atomic E-state index is -0.512. The molecule has 25 heavy (non-hydrogen) atoms. The summed E-state index contributed by atoms with van der Waals surface area (Å²) in [6.07, 6.45) is 1.05. The topological polar surface area (TPSA) is 59.3 Å². The van der Waals surface area contributed by atoms with Crippen molar-refractivity contribution in [2.24, 2.45) is 5.41 Å². The number of benzene rings is 1. The van der Waals surface area contributed by atoms with Gasteiger partial charge in [-0.3, -0.25) is 9.59 Å². The first kappa shape index (κ1) is 17.4. The molecule has 1 heterocycles. The summed E-state index contributed by atoms with van der Waals surface area (Å²) >= 11 is 0. The standard InChI is InChI=1S/C20H22FNO3/c1-11-17-15(23)9-20(3,4)10-16(17)25-18(11)19(24)22-12(2)13-7-5-6-8-14(13)21/h5-8,12H,9-10H2,1-4H3,(H,22,24)/t12-/m1/s1. The van der Waals surface area contributed by atoms with Crippen LogP contribution in [0.5, 0.6) is 0 Å². The maximum absolute atomic E-state index is 13.9. The van der Waals surface area contributed by atoms with E-state index in [1.807, 2.05) is 13.8 Å². The molecular formula is C20H22FNO3. The van der Waals surface area contributed by atoms with Crippen LogP contribution in [0.25, 0.3) is 0 Å². The summed E-state index contributed by atoms with van der Waals surface area (Å²) in [5, 5.41) is 2.75. The molecule has 0 fully saturated rings. The van der Waals surface area contributed by atoms with E-state index in [1.54, 1.807) is 32.0 Å². The number of halogens is 1. The molecule has 1 N–H and O–H groups in total. The van der Waals surface area contributed by atoms with Crippen LogP contribution in [-0.4, -0.2) is 11.7 Å². The molecular weight excluding hydrogens is 321 g/mol. The number of rotatable bonds is 3. The Kier molecular flexibility index (Phi) is 4.27. The summed E-state index contributed by atoms with van der Waals surface area (Å²) in [5.41, 5.74) is 1.32. The van der Waals surface area contributed by atoms with E-state index >= 15 is 0 Å². The third kappa shape index (κ3) is 3.23. The first-order valence-corrected chi connectivity index (χ1v) is 8.40. The number of hydrogen-bond donors (Lipinski definition) is 1. The van der Waals surface area contributed by atoms with Crippen molar-refractivity contribution in [1.29, 1.82) is 0 Å². The second-order valence-electron chi connectivity index (χ2n) is 7.51. The number of carbonyl (C=O) groups is 2. The van der Waals surface area contributed by atoms with Gasteiger partial charge in [0.15, 0.2) is 11.5 Å². The van der Waals surface area contributed by atoms with Gasteiger partial charge in [0, 0.05) is 24.0 Å². The van der Waals surface area contributed by atoms with Gasteiger partial charge in [-0.15, -0.1) is 0 Å². The zero-order valence-corrected chi connectivity index (χ0v) is 14.9. The van der Waals surface area contributed by atoms with Crippen molar-refractivity contribution < 1.29 is 18.4 Å². The summed E-state index contributed by atoms with van der Waals surface area (Å²) in [6, 6.07) is 5.80. The number of furan rings is 1. The molecule has 0 radical (unpaired) electrons. The number of Topliss-reactive ketones (excluding diaryl/α,β-unsaturated/α-hetero) is 1. The molecule has 0 unspecified atom stereocenters.